The van der Waals surface area contributed by atoms with Crippen LogP contribution in [0, 0.1) is 5.92 Å². The Labute approximate surface area is 109 Å². The van der Waals surface area contributed by atoms with E-state index in [2.05, 4.69) is 0 Å². The van der Waals surface area contributed by atoms with Gasteiger partial charge in [0.2, 0.25) is 0 Å². The van der Waals surface area contributed by atoms with Gasteiger partial charge in [-0.15, -0.1) is 0 Å². The summed E-state index contributed by atoms with van der Waals surface area (Å²) in [5, 5.41) is 0. The van der Waals surface area contributed by atoms with Crippen molar-refractivity contribution in [2.45, 2.75) is 38.2 Å². The summed E-state index contributed by atoms with van der Waals surface area (Å²) in [5.41, 5.74) is 5.49. The first-order valence-electron chi connectivity index (χ1n) is 7.03. The van der Waals surface area contributed by atoms with E-state index in [1.165, 1.54) is 25.7 Å². The Kier molecular flexibility index (Phi) is 5.26. The fourth-order valence-electron chi connectivity index (χ4n) is 2.65. The lowest BCUT2D eigenvalue weighted by molar-refractivity contribution is 0.0630. The third-order valence-electron chi connectivity index (χ3n) is 3.84. The fourth-order valence-corrected chi connectivity index (χ4v) is 2.65. The first-order valence-corrected chi connectivity index (χ1v) is 7.03. The molecule has 104 valence electrons. The number of unbranched alkanes of at least 4 members (excludes halogenated alkanes) is 1. The Hall–Kier alpha value is -0.810. The Morgan fingerprint density at radius 3 is 2.72 bits per heavy atom. The Morgan fingerprint density at radius 2 is 2.06 bits per heavy atom. The Balaban J connectivity index is 1.56. The molecule has 2 rings (SSSR count). The molecule has 2 heterocycles. The molecule has 1 unspecified atom stereocenters. The van der Waals surface area contributed by atoms with Gasteiger partial charge in [-0.2, -0.15) is 0 Å². The quantitative estimate of drug-likeness (QED) is 0.729. The second-order valence-corrected chi connectivity index (χ2v) is 5.24. The molecule has 2 aliphatic rings. The molecule has 0 aromatic carbocycles. The summed E-state index contributed by atoms with van der Waals surface area (Å²) in [6, 6.07) is 0. The number of carbonyl (C=O) groups is 1. The molecule has 0 radical (unpaired) electrons. The zero-order valence-corrected chi connectivity index (χ0v) is 11.0. The maximum atomic E-state index is 11.5. The van der Waals surface area contributed by atoms with E-state index in [1.54, 1.807) is 4.90 Å². The summed E-state index contributed by atoms with van der Waals surface area (Å²) >= 11 is 0. The van der Waals surface area contributed by atoms with Gasteiger partial charge < -0.3 is 20.1 Å². The number of amides is 1. The summed E-state index contributed by atoms with van der Waals surface area (Å²) in [5.74, 6) is 0.820. The van der Waals surface area contributed by atoms with Gasteiger partial charge in [0.1, 0.15) is 6.10 Å². The molecule has 0 saturated carbocycles. The molecular formula is C13H24N2O3. The zero-order chi connectivity index (χ0) is 12.8. The van der Waals surface area contributed by atoms with Crippen LogP contribution >= 0.6 is 0 Å². The Morgan fingerprint density at radius 1 is 1.28 bits per heavy atom. The van der Waals surface area contributed by atoms with Crippen molar-refractivity contribution in [3.63, 3.8) is 0 Å². The van der Waals surface area contributed by atoms with Crippen molar-refractivity contribution in [2.75, 3.05) is 32.8 Å². The highest BCUT2D eigenvalue weighted by molar-refractivity contribution is 5.69. The molecule has 5 nitrogen and oxygen atoms in total. The van der Waals surface area contributed by atoms with Gasteiger partial charge >= 0.3 is 6.09 Å². The van der Waals surface area contributed by atoms with E-state index in [-0.39, 0.29) is 12.2 Å². The van der Waals surface area contributed by atoms with Gasteiger partial charge in [-0.3, -0.25) is 0 Å². The van der Waals surface area contributed by atoms with Gasteiger partial charge in [-0.1, -0.05) is 12.8 Å². The lowest BCUT2D eigenvalue weighted by Gasteiger charge is -2.22. The van der Waals surface area contributed by atoms with Crippen molar-refractivity contribution in [3.8, 4) is 0 Å². The second-order valence-electron chi connectivity index (χ2n) is 5.24. The molecule has 2 aliphatic heterocycles. The van der Waals surface area contributed by atoms with Crippen LogP contribution in [0.3, 0.4) is 0 Å². The van der Waals surface area contributed by atoms with Crippen molar-refractivity contribution in [2.24, 2.45) is 11.7 Å². The minimum absolute atomic E-state index is 0.104. The fraction of sp³-hybridized carbons (Fsp3) is 0.923. The highest BCUT2D eigenvalue weighted by Crippen LogP contribution is 2.21. The van der Waals surface area contributed by atoms with Gasteiger partial charge in [-0.05, 0) is 25.2 Å². The smallest absolute Gasteiger partial charge is 0.410 e. The van der Waals surface area contributed by atoms with Gasteiger partial charge in [0.15, 0.2) is 0 Å². The molecule has 1 amide bonds. The molecule has 0 aromatic heterocycles. The number of hydrogen-bond acceptors (Lipinski definition) is 4. The molecule has 1 atom stereocenters. The third-order valence-corrected chi connectivity index (χ3v) is 3.84. The van der Waals surface area contributed by atoms with Gasteiger partial charge in [0, 0.05) is 26.3 Å². The SMILES string of the molecule is NCC1CN(CCCCC2CCOCC2)C(=O)O1. The number of carbonyl (C=O) groups excluding carboxylic acids is 1. The maximum Gasteiger partial charge on any atom is 0.410 e. The van der Waals surface area contributed by atoms with Crippen molar-refractivity contribution >= 4 is 6.09 Å². The minimum Gasteiger partial charge on any atom is -0.443 e. The lowest BCUT2D eigenvalue weighted by atomic mass is 9.94. The topological polar surface area (TPSA) is 64.8 Å². The molecule has 0 spiro atoms. The normalized spacial score (nSPS) is 25.5. The highest BCUT2D eigenvalue weighted by Gasteiger charge is 2.29. The van der Waals surface area contributed by atoms with E-state index in [0.29, 0.717) is 13.1 Å². The average molecular weight is 256 g/mol. The minimum atomic E-state index is -0.198. The van der Waals surface area contributed by atoms with Crippen LogP contribution < -0.4 is 5.73 Å². The number of rotatable bonds is 6. The van der Waals surface area contributed by atoms with Gasteiger partial charge in [-0.25, -0.2) is 4.79 Å². The summed E-state index contributed by atoms with van der Waals surface area (Å²) in [7, 11) is 0. The van der Waals surface area contributed by atoms with E-state index >= 15 is 0 Å². The number of nitrogens with two attached hydrogens (primary N) is 1. The molecule has 2 N–H and O–H groups in total. The van der Waals surface area contributed by atoms with E-state index in [0.717, 1.165) is 32.1 Å². The summed E-state index contributed by atoms with van der Waals surface area (Å²) in [6.07, 6.45) is 5.59. The van der Waals surface area contributed by atoms with Crippen molar-refractivity contribution in [1.82, 2.24) is 4.90 Å². The molecule has 0 aromatic rings. The predicted octanol–water partition coefficient (Wildman–Crippen LogP) is 1.36. The molecule has 18 heavy (non-hydrogen) atoms. The number of hydrogen-bond donors (Lipinski definition) is 1. The maximum absolute atomic E-state index is 11.5. The molecule has 0 bridgehead atoms. The van der Waals surface area contributed by atoms with E-state index in [1.807, 2.05) is 0 Å². The van der Waals surface area contributed by atoms with Crippen LogP contribution in [0.5, 0.6) is 0 Å². The number of nitrogens with zero attached hydrogens (tertiary/aromatic N) is 1. The number of ether oxygens (including phenoxy) is 2. The monoisotopic (exact) mass is 256 g/mol. The molecule has 2 fully saturated rings. The second kappa shape index (κ2) is 6.95. The van der Waals surface area contributed by atoms with Crippen molar-refractivity contribution in [1.29, 1.82) is 0 Å². The van der Waals surface area contributed by atoms with Crippen molar-refractivity contribution < 1.29 is 14.3 Å². The van der Waals surface area contributed by atoms with Crippen LogP contribution in [0.25, 0.3) is 0 Å². The van der Waals surface area contributed by atoms with Gasteiger partial charge in [0.25, 0.3) is 0 Å². The van der Waals surface area contributed by atoms with Crippen LogP contribution in [0.1, 0.15) is 32.1 Å². The van der Waals surface area contributed by atoms with Crippen LogP contribution in [-0.2, 0) is 9.47 Å². The molecular weight excluding hydrogens is 232 g/mol. The highest BCUT2D eigenvalue weighted by atomic mass is 16.6. The largest absolute Gasteiger partial charge is 0.443 e. The van der Waals surface area contributed by atoms with Crippen LogP contribution in [0.15, 0.2) is 0 Å². The first kappa shape index (κ1) is 13.6. The van der Waals surface area contributed by atoms with E-state index < -0.39 is 0 Å². The zero-order valence-electron chi connectivity index (χ0n) is 11.0. The summed E-state index contributed by atoms with van der Waals surface area (Å²) in [6.45, 7) is 3.72. The summed E-state index contributed by atoms with van der Waals surface area (Å²) < 4.78 is 10.5. The van der Waals surface area contributed by atoms with Gasteiger partial charge in [0.05, 0.1) is 6.54 Å². The number of cyclic esters (lactones) is 1. The standard InChI is InChI=1S/C13H24N2O3/c14-9-12-10-15(13(16)18-12)6-2-1-3-11-4-7-17-8-5-11/h11-12H,1-10,14H2. The predicted molar refractivity (Wildman–Crippen MR) is 68.3 cm³/mol. The van der Waals surface area contributed by atoms with Crippen molar-refractivity contribution in [3.05, 3.63) is 0 Å². The van der Waals surface area contributed by atoms with Crippen LogP contribution in [0.4, 0.5) is 4.79 Å². The average Bonchev–Trinajstić information content (AvgIpc) is 2.77. The van der Waals surface area contributed by atoms with Crippen LogP contribution in [-0.4, -0.2) is 49.9 Å². The Bertz CT molecular complexity index is 267. The van der Waals surface area contributed by atoms with E-state index in [9.17, 15) is 4.79 Å². The molecule has 2 saturated heterocycles. The molecule has 0 aliphatic carbocycles. The molecule has 5 heteroatoms. The first-order chi connectivity index (χ1) is 8.79. The third kappa shape index (κ3) is 3.85. The summed E-state index contributed by atoms with van der Waals surface area (Å²) in [4.78, 5) is 13.3. The van der Waals surface area contributed by atoms with E-state index in [4.69, 9.17) is 15.2 Å². The lowest BCUT2D eigenvalue weighted by Crippen LogP contribution is -2.28. The van der Waals surface area contributed by atoms with Crippen LogP contribution in [0.2, 0.25) is 0 Å².